The largest absolute Gasteiger partial charge is 0.467 e. The zero-order chi connectivity index (χ0) is 26.7. The minimum absolute atomic E-state index is 0.00604. The molecule has 0 radical (unpaired) electrons. The van der Waals surface area contributed by atoms with E-state index in [1.807, 2.05) is 0 Å². The number of esters is 1. The smallest absolute Gasteiger partial charge is 0.328 e. The van der Waals surface area contributed by atoms with Crippen LogP contribution in [0.25, 0.3) is 0 Å². The lowest BCUT2D eigenvalue weighted by Gasteiger charge is -2.22. The van der Waals surface area contributed by atoms with Crippen molar-refractivity contribution in [2.45, 2.75) is 12.5 Å². The molecule has 0 aliphatic carbocycles. The second kappa shape index (κ2) is 11.4. The number of benzene rings is 2. The predicted octanol–water partition coefficient (Wildman–Crippen LogP) is 4.73. The van der Waals surface area contributed by atoms with Gasteiger partial charge in [0, 0.05) is 23.3 Å². The van der Waals surface area contributed by atoms with Crippen LogP contribution in [0.2, 0.25) is 10.0 Å². The standard InChI is InChI=1S/C23H19BrCl2N4O5S2/c1-35-23(32)19(10-13-4-7-16(25)17(26)9-13)28-22(31)15-6-5-14(24)11-18(15)29-37(33,34)21-3-2-8-30-20(21)12-27-36-30/h2-9,11-12,19,27,29H,10H2,1H3,(H,28,31)/t19-/m0/s1. The summed E-state index contributed by atoms with van der Waals surface area (Å²) >= 11 is 16.6. The molecular weight excluding hydrogens is 627 g/mol. The number of anilines is 1. The Hall–Kier alpha value is -2.64. The van der Waals surface area contributed by atoms with Gasteiger partial charge in [-0.15, -0.1) is 0 Å². The third kappa shape index (κ3) is 6.27. The summed E-state index contributed by atoms with van der Waals surface area (Å²) in [6, 6.07) is 8.27. The first-order valence-corrected chi connectivity index (χ1v) is 14.4. The molecule has 37 heavy (non-hydrogen) atoms. The molecule has 2 aliphatic rings. The van der Waals surface area contributed by atoms with E-state index in [0.717, 1.165) is 0 Å². The number of methoxy groups -OCH3 is 1. The van der Waals surface area contributed by atoms with E-state index in [4.69, 9.17) is 27.9 Å². The van der Waals surface area contributed by atoms with Gasteiger partial charge in [-0.2, -0.15) is 0 Å². The van der Waals surface area contributed by atoms with E-state index in [1.54, 1.807) is 47.0 Å². The van der Waals surface area contributed by atoms with Gasteiger partial charge in [0.1, 0.15) is 10.9 Å². The fourth-order valence-corrected chi connectivity index (χ4v) is 6.19. The summed E-state index contributed by atoms with van der Waals surface area (Å²) in [5.74, 6) is -1.37. The Labute approximate surface area is 236 Å². The molecule has 2 aromatic carbocycles. The van der Waals surface area contributed by atoms with E-state index in [2.05, 4.69) is 30.7 Å². The van der Waals surface area contributed by atoms with Crippen molar-refractivity contribution < 1.29 is 22.7 Å². The van der Waals surface area contributed by atoms with Gasteiger partial charge < -0.3 is 14.8 Å². The molecule has 0 bridgehead atoms. The van der Waals surface area contributed by atoms with E-state index in [0.29, 0.717) is 25.8 Å². The van der Waals surface area contributed by atoms with Crippen LogP contribution in [0.3, 0.4) is 0 Å². The van der Waals surface area contributed by atoms with Gasteiger partial charge in [0.25, 0.3) is 15.9 Å². The van der Waals surface area contributed by atoms with E-state index >= 15 is 0 Å². The predicted molar refractivity (Wildman–Crippen MR) is 148 cm³/mol. The van der Waals surface area contributed by atoms with Crippen molar-refractivity contribution in [3.63, 3.8) is 0 Å². The fraction of sp³-hybridized carbons (Fsp3) is 0.130. The summed E-state index contributed by atoms with van der Waals surface area (Å²) in [4.78, 5) is 25.8. The summed E-state index contributed by atoms with van der Waals surface area (Å²) in [6.45, 7) is 0. The zero-order valence-corrected chi connectivity index (χ0v) is 23.7. The number of nitrogens with zero attached hydrogens (tertiary/aromatic N) is 1. The van der Waals surface area contributed by atoms with Crippen LogP contribution in [0.5, 0.6) is 0 Å². The van der Waals surface area contributed by atoms with Crippen LogP contribution < -0.4 is 14.8 Å². The number of sulfonamides is 1. The van der Waals surface area contributed by atoms with Crippen molar-refractivity contribution in [3.05, 3.63) is 97.2 Å². The lowest BCUT2D eigenvalue weighted by molar-refractivity contribution is -0.142. The molecule has 0 spiro atoms. The number of carbonyl (C=O) groups is 2. The first-order valence-electron chi connectivity index (χ1n) is 10.5. The average Bonchev–Trinajstić information content (AvgIpc) is 3.34. The minimum atomic E-state index is -4.09. The Morgan fingerprint density at radius 1 is 1.19 bits per heavy atom. The quantitative estimate of drug-likeness (QED) is 0.279. The van der Waals surface area contributed by atoms with Crippen LogP contribution in [0.15, 0.2) is 76.0 Å². The highest BCUT2D eigenvalue weighted by Gasteiger charge is 2.31. The Morgan fingerprint density at radius 3 is 2.70 bits per heavy atom. The number of nitrogens with one attached hydrogen (secondary N) is 3. The number of rotatable bonds is 8. The van der Waals surface area contributed by atoms with Gasteiger partial charge in [0.15, 0.2) is 0 Å². The normalized spacial score (nSPS) is 15.2. The summed E-state index contributed by atoms with van der Waals surface area (Å²) in [5, 5.41) is 3.28. The third-order valence-electron chi connectivity index (χ3n) is 5.28. The molecule has 2 heterocycles. The molecular formula is C23H19BrCl2N4O5S2. The molecule has 194 valence electrons. The van der Waals surface area contributed by atoms with Crippen LogP contribution in [0.4, 0.5) is 5.69 Å². The number of amides is 1. The van der Waals surface area contributed by atoms with E-state index in [1.165, 1.54) is 37.5 Å². The summed E-state index contributed by atoms with van der Waals surface area (Å²) in [7, 11) is -2.89. The van der Waals surface area contributed by atoms with Gasteiger partial charge >= 0.3 is 5.97 Å². The first-order chi connectivity index (χ1) is 17.6. The summed E-state index contributed by atoms with van der Waals surface area (Å²) in [5.41, 5.74) is 1.10. The zero-order valence-electron chi connectivity index (χ0n) is 19.0. The van der Waals surface area contributed by atoms with Crippen LogP contribution in [-0.4, -0.2) is 37.8 Å². The van der Waals surface area contributed by atoms with E-state index in [-0.39, 0.29) is 22.6 Å². The van der Waals surface area contributed by atoms with Crippen molar-refractivity contribution in [1.82, 2.24) is 14.3 Å². The van der Waals surface area contributed by atoms with Gasteiger partial charge in [-0.1, -0.05) is 45.2 Å². The molecule has 9 nitrogen and oxygen atoms in total. The number of fused-ring (bicyclic) bond motifs is 1. The molecule has 14 heteroatoms. The highest BCUT2D eigenvalue weighted by Crippen LogP contribution is 2.34. The van der Waals surface area contributed by atoms with E-state index < -0.39 is 27.9 Å². The molecule has 0 aromatic heterocycles. The average molecular weight is 646 g/mol. The topological polar surface area (TPSA) is 117 Å². The third-order valence-corrected chi connectivity index (χ3v) is 8.66. The SMILES string of the molecule is COC(=O)[C@H](Cc1ccc(Cl)c(Cl)c1)NC(=O)c1ccc(Br)cc1NS(=O)(=O)C1=CC=CN2SNC=C12. The monoisotopic (exact) mass is 644 g/mol. The number of carbonyl (C=O) groups excluding carboxylic acids is 2. The van der Waals surface area contributed by atoms with Gasteiger partial charge in [-0.05, 0) is 48.0 Å². The molecule has 4 rings (SSSR count). The molecule has 1 atom stereocenters. The van der Waals surface area contributed by atoms with E-state index in [9.17, 15) is 18.0 Å². The van der Waals surface area contributed by atoms with Gasteiger partial charge in [-0.25, -0.2) is 13.2 Å². The van der Waals surface area contributed by atoms with Gasteiger partial charge in [0.2, 0.25) is 0 Å². The summed E-state index contributed by atoms with van der Waals surface area (Å²) < 4.78 is 39.1. The number of hydrogen-bond donors (Lipinski definition) is 3. The number of halogens is 3. The molecule has 0 saturated heterocycles. The number of hydrogen-bond acceptors (Lipinski definition) is 8. The van der Waals surface area contributed by atoms with Crippen LogP contribution >= 0.6 is 51.3 Å². The maximum absolute atomic E-state index is 13.3. The van der Waals surface area contributed by atoms with Crippen molar-refractivity contribution in [2.75, 3.05) is 11.8 Å². The van der Waals surface area contributed by atoms with Crippen LogP contribution in [0.1, 0.15) is 15.9 Å². The number of ether oxygens (including phenoxy) is 1. The molecule has 0 saturated carbocycles. The minimum Gasteiger partial charge on any atom is -0.467 e. The fourth-order valence-electron chi connectivity index (χ4n) is 3.54. The van der Waals surface area contributed by atoms with Gasteiger partial charge in [0.05, 0.1) is 46.2 Å². The molecule has 2 aromatic rings. The van der Waals surface area contributed by atoms with Crippen LogP contribution in [-0.2, 0) is 26.0 Å². The Morgan fingerprint density at radius 2 is 1.97 bits per heavy atom. The lowest BCUT2D eigenvalue weighted by Crippen LogP contribution is -2.43. The highest BCUT2D eigenvalue weighted by atomic mass is 79.9. The van der Waals surface area contributed by atoms with Crippen molar-refractivity contribution in [3.8, 4) is 0 Å². The highest BCUT2D eigenvalue weighted by molar-refractivity contribution is 9.10. The molecule has 3 N–H and O–H groups in total. The second-order valence-corrected chi connectivity index (χ2v) is 11.9. The van der Waals surface area contributed by atoms with Crippen LogP contribution in [0, 0.1) is 0 Å². The number of allylic oxidation sites excluding steroid dienone is 2. The van der Waals surface area contributed by atoms with Gasteiger partial charge in [-0.3, -0.25) is 13.8 Å². The molecule has 0 unspecified atom stereocenters. The van der Waals surface area contributed by atoms with Crippen molar-refractivity contribution in [1.29, 1.82) is 0 Å². The molecule has 1 amide bonds. The first kappa shape index (κ1) is 27.4. The summed E-state index contributed by atoms with van der Waals surface area (Å²) in [6.07, 6.45) is 6.41. The maximum atomic E-state index is 13.3. The second-order valence-electron chi connectivity index (χ2n) is 7.73. The molecule has 0 fully saturated rings. The van der Waals surface area contributed by atoms with Crippen molar-refractivity contribution >= 4 is 78.9 Å². The lowest BCUT2D eigenvalue weighted by atomic mass is 10.0. The maximum Gasteiger partial charge on any atom is 0.328 e. The Balaban J connectivity index is 1.60. The molecule has 2 aliphatic heterocycles. The van der Waals surface area contributed by atoms with Crippen molar-refractivity contribution in [2.24, 2.45) is 0 Å². The Kier molecular flexibility index (Phi) is 8.44. The Bertz CT molecular complexity index is 1460.